The van der Waals surface area contributed by atoms with Crippen LogP contribution in [0, 0.1) is 0 Å². The summed E-state index contributed by atoms with van der Waals surface area (Å²) in [6.07, 6.45) is 3.67. The van der Waals surface area contributed by atoms with Crippen molar-refractivity contribution < 1.29 is 9.59 Å². The summed E-state index contributed by atoms with van der Waals surface area (Å²) in [4.78, 5) is 25.2. The molecule has 1 saturated heterocycles. The first kappa shape index (κ1) is 15.9. The summed E-state index contributed by atoms with van der Waals surface area (Å²) in [5.74, 6) is 0.0497. The first-order valence-corrected chi connectivity index (χ1v) is 7.14. The first-order valence-electron chi connectivity index (χ1n) is 7.14. The topological polar surface area (TPSA) is 87.5 Å². The molecule has 1 atom stereocenters. The maximum absolute atomic E-state index is 11.6. The largest absolute Gasteiger partial charge is 0.355 e. The number of likely N-dealkylation sites (tertiary alicyclic amines) is 1. The lowest BCUT2D eigenvalue weighted by Crippen LogP contribution is -2.50. The van der Waals surface area contributed by atoms with Crippen LogP contribution in [-0.4, -0.2) is 55.5 Å². The number of rotatable bonds is 7. The fourth-order valence-electron chi connectivity index (χ4n) is 2.39. The van der Waals surface area contributed by atoms with Gasteiger partial charge in [-0.2, -0.15) is 0 Å². The Hall–Kier alpha value is -1.14. The molecule has 1 heterocycles. The molecule has 6 heteroatoms. The van der Waals surface area contributed by atoms with Gasteiger partial charge >= 0.3 is 0 Å². The van der Waals surface area contributed by atoms with Gasteiger partial charge < -0.3 is 16.4 Å². The predicted octanol–water partition coefficient (Wildman–Crippen LogP) is -0.558. The Morgan fingerprint density at radius 2 is 2.05 bits per heavy atom. The Morgan fingerprint density at radius 3 is 2.74 bits per heavy atom. The van der Waals surface area contributed by atoms with Crippen LogP contribution in [-0.2, 0) is 9.59 Å². The maximum Gasteiger partial charge on any atom is 0.234 e. The lowest BCUT2D eigenvalue weighted by atomic mass is 10.0. The fraction of sp³-hybridized carbons (Fsp3) is 0.846. The molecule has 1 rings (SSSR count). The van der Waals surface area contributed by atoms with Gasteiger partial charge in [-0.25, -0.2) is 0 Å². The Bertz CT molecular complexity index is 296. The highest BCUT2D eigenvalue weighted by molar-refractivity contribution is 5.78. The van der Waals surface area contributed by atoms with E-state index in [1.807, 2.05) is 6.92 Å². The van der Waals surface area contributed by atoms with Gasteiger partial charge in [0.05, 0.1) is 6.54 Å². The average molecular weight is 270 g/mol. The van der Waals surface area contributed by atoms with Crippen molar-refractivity contribution in [1.29, 1.82) is 0 Å². The highest BCUT2D eigenvalue weighted by Crippen LogP contribution is 2.15. The van der Waals surface area contributed by atoms with E-state index >= 15 is 0 Å². The van der Waals surface area contributed by atoms with Crippen LogP contribution in [0.4, 0.5) is 0 Å². The normalized spacial score (nSPS) is 20.0. The van der Waals surface area contributed by atoms with Gasteiger partial charge in [-0.1, -0.05) is 6.42 Å². The van der Waals surface area contributed by atoms with E-state index in [1.54, 1.807) is 0 Å². The number of hydrogen-bond donors (Lipinski definition) is 3. The second-order valence-corrected chi connectivity index (χ2v) is 4.92. The number of nitrogens with one attached hydrogen (secondary N) is 2. The quantitative estimate of drug-likeness (QED) is 0.579. The minimum Gasteiger partial charge on any atom is -0.355 e. The number of carbonyl (C=O) groups excluding carboxylic acids is 2. The van der Waals surface area contributed by atoms with Crippen LogP contribution in [0.3, 0.4) is 0 Å². The molecule has 1 fully saturated rings. The van der Waals surface area contributed by atoms with Crippen molar-refractivity contribution >= 4 is 11.8 Å². The molecule has 0 saturated carbocycles. The van der Waals surface area contributed by atoms with E-state index in [9.17, 15) is 9.59 Å². The summed E-state index contributed by atoms with van der Waals surface area (Å²) in [5, 5.41) is 5.71. The molecule has 4 N–H and O–H groups in total. The number of amides is 2. The summed E-state index contributed by atoms with van der Waals surface area (Å²) in [6.45, 7) is 4.90. The molecule has 0 aromatic carbocycles. The van der Waals surface area contributed by atoms with Crippen molar-refractivity contribution in [3.8, 4) is 0 Å². The van der Waals surface area contributed by atoms with E-state index in [0.29, 0.717) is 32.6 Å². The Morgan fingerprint density at radius 1 is 1.26 bits per heavy atom. The van der Waals surface area contributed by atoms with Crippen molar-refractivity contribution in [2.24, 2.45) is 5.73 Å². The van der Waals surface area contributed by atoms with E-state index in [4.69, 9.17) is 5.73 Å². The summed E-state index contributed by atoms with van der Waals surface area (Å²) >= 11 is 0. The van der Waals surface area contributed by atoms with Crippen LogP contribution in [0.1, 0.15) is 32.6 Å². The van der Waals surface area contributed by atoms with E-state index < -0.39 is 0 Å². The molecule has 1 aliphatic rings. The molecule has 0 bridgehead atoms. The molecule has 0 spiro atoms. The number of carbonyl (C=O) groups is 2. The lowest BCUT2D eigenvalue weighted by molar-refractivity contribution is -0.123. The van der Waals surface area contributed by atoms with Crippen molar-refractivity contribution in [1.82, 2.24) is 15.5 Å². The Labute approximate surface area is 115 Å². The SMILES string of the molecule is CCNC(=O)CN1CCCCC1CNC(=O)CCN. The summed E-state index contributed by atoms with van der Waals surface area (Å²) < 4.78 is 0. The van der Waals surface area contributed by atoms with Crippen LogP contribution in [0.25, 0.3) is 0 Å². The molecular formula is C13H26N4O2. The first-order chi connectivity index (χ1) is 9.17. The Kier molecular flexibility index (Phi) is 7.43. The smallest absolute Gasteiger partial charge is 0.234 e. The average Bonchev–Trinajstić information content (AvgIpc) is 2.38. The number of hydrogen-bond acceptors (Lipinski definition) is 4. The van der Waals surface area contributed by atoms with Crippen LogP contribution < -0.4 is 16.4 Å². The molecule has 19 heavy (non-hydrogen) atoms. The fourth-order valence-corrected chi connectivity index (χ4v) is 2.39. The van der Waals surface area contributed by atoms with E-state index in [0.717, 1.165) is 25.8 Å². The molecule has 0 radical (unpaired) electrons. The molecule has 0 aliphatic carbocycles. The highest BCUT2D eigenvalue weighted by atomic mass is 16.2. The van der Waals surface area contributed by atoms with Crippen LogP contribution in [0.2, 0.25) is 0 Å². The third-order valence-corrected chi connectivity index (χ3v) is 3.38. The molecule has 6 nitrogen and oxygen atoms in total. The molecule has 0 aromatic heterocycles. The third-order valence-electron chi connectivity index (χ3n) is 3.38. The predicted molar refractivity (Wildman–Crippen MR) is 74.6 cm³/mol. The van der Waals surface area contributed by atoms with E-state index in [-0.39, 0.29) is 17.9 Å². The van der Waals surface area contributed by atoms with Crippen molar-refractivity contribution in [3.05, 3.63) is 0 Å². The van der Waals surface area contributed by atoms with Crippen molar-refractivity contribution in [3.63, 3.8) is 0 Å². The van der Waals surface area contributed by atoms with Gasteiger partial charge in [-0.05, 0) is 26.3 Å². The second-order valence-electron chi connectivity index (χ2n) is 4.92. The zero-order valence-electron chi connectivity index (χ0n) is 11.8. The maximum atomic E-state index is 11.6. The van der Waals surface area contributed by atoms with Gasteiger partial charge in [0.15, 0.2) is 0 Å². The van der Waals surface area contributed by atoms with Gasteiger partial charge in [0.2, 0.25) is 11.8 Å². The number of nitrogens with zero attached hydrogens (tertiary/aromatic N) is 1. The standard InChI is InChI=1S/C13H26N4O2/c1-2-15-13(19)10-17-8-4-3-5-11(17)9-16-12(18)6-7-14/h11H,2-10,14H2,1H3,(H,15,19)(H,16,18). The number of piperidine rings is 1. The molecular weight excluding hydrogens is 244 g/mol. The zero-order chi connectivity index (χ0) is 14.1. The highest BCUT2D eigenvalue weighted by Gasteiger charge is 2.24. The Balaban J connectivity index is 2.39. The second kappa shape index (κ2) is 8.87. The molecule has 1 aliphatic heterocycles. The minimum absolute atomic E-state index is 0.00830. The lowest BCUT2D eigenvalue weighted by Gasteiger charge is -2.35. The van der Waals surface area contributed by atoms with Crippen molar-refractivity contribution in [2.45, 2.75) is 38.6 Å². The van der Waals surface area contributed by atoms with Gasteiger partial charge in [0.25, 0.3) is 0 Å². The van der Waals surface area contributed by atoms with Crippen molar-refractivity contribution in [2.75, 3.05) is 32.7 Å². The van der Waals surface area contributed by atoms with Gasteiger partial charge in [-0.15, -0.1) is 0 Å². The molecule has 1 unspecified atom stereocenters. The molecule has 0 aromatic rings. The number of likely N-dealkylation sites (N-methyl/N-ethyl adjacent to an activating group) is 1. The van der Waals surface area contributed by atoms with Crippen LogP contribution >= 0.6 is 0 Å². The summed E-state index contributed by atoms with van der Waals surface area (Å²) in [5.41, 5.74) is 5.34. The van der Waals surface area contributed by atoms with E-state index in [1.165, 1.54) is 0 Å². The third kappa shape index (κ3) is 6.02. The summed E-state index contributed by atoms with van der Waals surface area (Å²) in [6, 6.07) is 0.262. The van der Waals surface area contributed by atoms with Gasteiger partial charge in [-0.3, -0.25) is 14.5 Å². The van der Waals surface area contributed by atoms with Gasteiger partial charge in [0, 0.05) is 32.1 Å². The molecule has 2 amide bonds. The van der Waals surface area contributed by atoms with E-state index in [2.05, 4.69) is 15.5 Å². The minimum atomic E-state index is -0.00830. The van der Waals surface area contributed by atoms with Gasteiger partial charge in [0.1, 0.15) is 0 Å². The number of nitrogens with two attached hydrogens (primary N) is 1. The van der Waals surface area contributed by atoms with Crippen LogP contribution in [0.5, 0.6) is 0 Å². The summed E-state index contributed by atoms with van der Waals surface area (Å²) in [7, 11) is 0. The zero-order valence-corrected chi connectivity index (χ0v) is 11.8. The molecule has 110 valence electrons. The monoisotopic (exact) mass is 270 g/mol. The van der Waals surface area contributed by atoms with Crippen LogP contribution in [0.15, 0.2) is 0 Å².